The molecule has 2 atom stereocenters. The zero-order valence-electron chi connectivity index (χ0n) is 10.5. The second-order valence-corrected chi connectivity index (χ2v) is 4.40. The van der Waals surface area contributed by atoms with Gasteiger partial charge in [-0.05, 0) is 24.6 Å². The number of ether oxygens (including phenoxy) is 2. The number of carbonyl (C=O) groups is 1. The highest BCUT2D eigenvalue weighted by Gasteiger charge is 2.18. The van der Waals surface area contributed by atoms with Crippen LogP contribution in [0.3, 0.4) is 0 Å². The number of halogens is 1. The fraction of sp³-hybridized carbons (Fsp3) is 0.462. The van der Waals surface area contributed by atoms with Crippen molar-refractivity contribution < 1.29 is 14.3 Å². The van der Waals surface area contributed by atoms with Gasteiger partial charge in [0.15, 0.2) is 0 Å². The minimum absolute atomic E-state index is 0.0855. The SMILES string of the molecule is COc1ccc([C@H](C)[C@@H](C)OC(C)=O)cc1Cl. The van der Waals surface area contributed by atoms with Gasteiger partial charge in [-0.15, -0.1) is 0 Å². The molecule has 1 rings (SSSR count). The van der Waals surface area contributed by atoms with Crippen molar-refractivity contribution in [2.75, 3.05) is 7.11 Å². The second-order valence-electron chi connectivity index (χ2n) is 4.00. The van der Waals surface area contributed by atoms with E-state index in [1.807, 2.05) is 32.0 Å². The van der Waals surface area contributed by atoms with Crippen LogP contribution in [0.2, 0.25) is 5.02 Å². The van der Waals surface area contributed by atoms with E-state index >= 15 is 0 Å². The first-order valence-electron chi connectivity index (χ1n) is 5.46. The van der Waals surface area contributed by atoms with E-state index in [4.69, 9.17) is 21.1 Å². The Labute approximate surface area is 107 Å². The zero-order valence-corrected chi connectivity index (χ0v) is 11.2. The number of carbonyl (C=O) groups excluding carboxylic acids is 1. The maximum Gasteiger partial charge on any atom is 0.302 e. The number of rotatable bonds is 4. The maximum absolute atomic E-state index is 10.9. The molecule has 0 radical (unpaired) electrons. The first-order chi connectivity index (χ1) is 7.95. The number of methoxy groups -OCH3 is 1. The van der Waals surface area contributed by atoms with E-state index in [1.54, 1.807) is 7.11 Å². The van der Waals surface area contributed by atoms with E-state index in [-0.39, 0.29) is 18.0 Å². The molecule has 17 heavy (non-hydrogen) atoms. The summed E-state index contributed by atoms with van der Waals surface area (Å²) in [4.78, 5) is 10.9. The van der Waals surface area contributed by atoms with E-state index in [0.29, 0.717) is 10.8 Å². The Morgan fingerprint density at radius 1 is 1.35 bits per heavy atom. The van der Waals surface area contributed by atoms with Crippen LogP contribution in [-0.2, 0) is 9.53 Å². The van der Waals surface area contributed by atoms with Gasteiger partial charge >= 0.3 is 5.97 Å². The molecule has 0 bridgehead atoms. The van der Waals surface area contributed by atoms with E-state index in [0.717, 1.165) is 5.56 Å². The lowest BCUT2D eigenvalue weighted by molar-refractivity contribution is -0.146. The van der Waals surface area contributed by atoms with Crippen LogP contribution in [0, 0.1) is 0 Å². The van der Waals surface area contributed by atoms with Gasteiger partial charge in [0.05, 0.1) is 12.1 Å². The number of hydrogen-bond acceptors (Lipinski definition) is 3. The van der Waals surface area contributed by atoms with Crippen LogP contribution < -0.4 is 4.74 Å². The molecule has 3 nitrogen and oxygen atoms in total. The van der Waals surface area contributed by atoms with Crippen molar-refractivity contribution in [1.29, 1.82) is 0 Å². The van der Waals surface area contributed by atoms with Crippen molar-refractivity contribution in [2.45, 2.75) is 32.8 Å². The summed E-state index contributed by atoms with van der Waals surface area (Å²) in [5.74, 6) is 0.453. The third kappa shape index (κ3) is 3.63. The first kappa shape index (κ1) is 13.8. The number of benzene rings is 1. The van der Waals surface area contributed by atoms with Crippen LogP contribution in [0.4, 0.5) is 0 Å². The largest absolute Gasteiger partial charge is 0.495 e. The molecule has 0 saturated heterocycles. The van der Waals surface area contributed by atoms with Gasteiger partial charge in [0.2, 0.25) is 0 Å². The molecule has 4 heteroatoms. The summed E-state index contributed by atoms with van der Waals surface area (Å²) in [6.07, 6.45) is -0.183. The van der Waals surface area contributed by atoms with Crippen molar-refractivity contribution in [2.24, 2.45) is 0 Å². The molecular weight excluding hydrogens is 240 g/mol. The lowest BCUT2D eigenvalue weighted by Gasteiger charge is -2.20. The molecule has 0 aliphatic carbocycles. The Morgan fingerprint density at radius 3 is 2.47 bits per heavy atom. The predicted molar refractivity (Wildman–Crippen MR) is 67.6 cm³/mol. The topological polar surface area (TPSA) is 35.5 Å². The molecule has 0 unspecified atom stereocenters. The molecule has 0 N–H and O–H groups in total. The van der Waals surface area contributed by atoms with Crippen LogP contribution >= 0.6 is 11.6 Å². The van der Waals surface area contributed by atoms with Gasteiger partial charge in [0, 0.05) is 12.8 Å². The molecule has 0 fully saturated rings. The molecule has 0 aromatic heterocycles. The average molecular weight is 257 g/mol. The van der Waals surface area contributed by atoms with Gasteiger partial charge in [-0.2, -0.15) is 0 Å². The van der Waals surface area contributed by atoms with E-state index < -0.39 is 0 Å². The smallest absolute Gasteiger partial charge is 0.302 e. The van der Waals surface area contributed by atoms with E-state index in [9.17, 15) is 4.79 Å². The summed E-state index contributed by atoms with van der Waals surface area (Å²) < 4.78 is 10.2. The van der Waals surface area contributed by atoms with Crippen molar-refractivity contribution in [3.63, 3.8) is 0 Å². The summed E-state index contributed by atoms with van der Waals surface area (Å²) in [7, 11) is 1.58. The van der Waals surface area contributed by atoms with Gasteiger partial charge in [-0.3, -0.25) is 4.79 Å². The maximum atomic E-state index is 10.9. The van der Waals surface area contributed by atoms with Gasteiger partial charge in [-0.25, -0.2) is 0 Å². The Kier molecular flexibility index (Phi) is 4.82. The van der Waals surface area contributed by atoms with Gasteiger partial charge in [0.1, 0.15) is 11.9 Å². The molecule has 1 aromatic rings. The van der Waals surface area contributed by atoms with Crippen LogP contribution in [0.25, 0.3) is 0 Å². The van der Waals surface area contributed by atoms with Crippen molar-refractivity contribution in [3.05, 3.63) is 28.8 Å². The summed E-state index contributed by atoms with van der Waals surface area (Å²) in [6, 6.07) is 5.58. The third-order valence-corrected chi connectivity index (χ3v) is 3.05. The molecule has 0 heterocycles. The summed E-state index contributed by atoms with van der Waals surface area (Å²) in [6.45, 7) is 5.26. The van der Waals surface area contributed by atoms with Crippen LogP contribution in [0.15, 0.2) is 18.2 Å². The highest BCUT2D eigenvalue weighted by molar-refractivity contribution is 6.32. The lowest BCUT2D eigenvalue weighted by atomic mass is 9.96. The fourth-order valence-electron chi connectivity index (χ4n) is 1.60. The Balaban J connectivity index is 2.85. The normalized spacial score (nSPS) is 13.9. The second kappa shape index (κ2) is 5.92. The molecule has 1 aromatic carbocycles. The van der Waals surface area contributed by atoms with Crippen LogP contribution in [-0.4, -0.2) is 19.2 Å². The van der Waals surface area contributed by atoms with Crippen molar-refractivity contribution in [1.82, 2.24) is 0 Å². The molecule has 0 saturated carbocycles. The highest BCUT2D eigenvalue weighted by Crippen LogP contribution is 2.30. The summed E-state index contributed by atoms with van der Waals surface area (Å²) in [5, 5.41) is 0.562. The van der Waals surface area contributed by atoms with Crippen molar-refractivity contribution in [3.8, 4) is 5.75 Å². The minimum Gasteiger partial charge on any atom is -0.495 e. The van der Waals surface area contributed by atoms with Crippen molar-refractivity contribution >= 4 is 17.6 Å². The molecular formula is C13H17ClO3. The summed E-state index contributed by atoms with van der Waals surface area (Å²) in [5.41, 5.74) is 1.02. The molecule has 0 aliphatic heterocycles. The molecule has 0 spiro atoms. The number of hydrogen-bond donors (Lipinski definition) is 0. The Hall–Kier alpha value is -1.22. The fourth-order valence-corrected chi connectivity index (χ4v) is 1.87. The standard InChI is InChI=1S/C13H17ClO3/c1-8(9(2)17-10(3)15)11-5-6-13(16-4)12(14)7-11/h5-9H,1-4H3/t8-,9-/m1/s1. The van der Waals surface area contributed by atoms with Crippen LogP contribution in [0.1, 0.15) is 32.3 Å². The average Bonchev–Trinajstić information content (AvgIpc) is 2.27. The van der Waals surface area contributed by atoms with E-state index in [1.165, 1.54) is 6.92 Å². The lowest BCUT2D eigenvalue weighted by Crippen LogP contribution is -2.19. The zero-order chi connectivity index (χ0) is 13.0. The summed E-state index contributed by atoms with van der Waals surface area (Å²) >= 11 is 6.05. The van der Waals surface area contributed by atoms with Gasteiger partial charge < -0.3 is 9.47 Å². The monoisotopic (exact) mass is 256 g/mol. The minimum atomic E-state index is -0.274. The van der Waals surface area contributed by atoms with Gasteiger partial charge in [0.25, 0.3) is 0 Å². The quantitative estimate of drug-likeness (QED) is 0.775. The van der Waals surface area contributed by atoms with Crippen LogP contribution in [0.5, 0.6) is 5.75 Å². The molecule has 0 aliphatic rings. The number of esters is 1. The Morgan fingerprint density at radius 2 is 2.00 bits per heavy atom. The van der Waals surface area contributed by atoms with E-state index in [2.05, 4.69) is 0 Å². The third-order valence-electron chi connectivity index (χ3n) is 2.76. The Bertz CT molecular complexity index is 404. The van der Waals surface area contributed by atoms with Gasteiger partial charge in [-0.1, -0.05) is 24.6 Å². The molecule has 94 valence electrons. The molecule has 0 amide bonds. The first-order valence-corrected chi connectivity index (χ1v) is 5.84. The predicted octanol–water partition coefficient (Wildman–Crippen LogP) is 3.40. The highest BCUT2D eigenvalue weighted by atomic mass is 35.5.